The summed E-state index contributed by atoms with van der Waals surface area (Å²) in [4.78, 5) is 0. The molecule has 0 heterocycles. The molecule has 6 heteroatoms. The molecule has 0 aliphatic carbocycles. The van der Waals surface area contributed by atoms with Gasteiger partial charge in [-0.1, -0.05) is 50.7 Å². The lowest BCUT2D eigenvalue weighted by atomic mass is 10.1. The number of halogens is 4. The molecule has 0 saturated heterocycles. The minimum Gasteiger partial charge on any atom is -0.380 e. The van der Waals surface area contributed by atoms with Crippen LogP contribution >= 0.6 is 50.7 Å². The Balaban J connectivity index is 2.26. The van der Waals surface area contributed by atoms with Crippen molar-refractivity contribution in [3.8, 4) is 6.07 Å². The average Bonchev–Trinajstić information content (AvgIpc) is 2.44. The summed E-state index contributed by atoms with van der Waals surface area (Å²) in [5.41, 5.74) is 1.95. The SMILES string of the molecule is N#Cc1cc(Br)ccc1NCc1c(Cl)ccc(Cl)c1Cl. The Labute approximate surface area is 140 Å². The molecule has 0 aliphatic rings. The lowest BCUT2D eigenvalue weighted by Crippen LogP contribution is -2.03. The Hall–Kier alpha value is -0.920. The Bertz CT molecular complexity index is 696. The number of anilines is 1. The van der Waals surface area contributed by atoms with E-state index < -0.39 is 0 Å². The number of nitriles is 1. The largest absolute Gasteiger partial charge is 0.380 e. The second kappa shape index (κ2) is 6.69. The highest BCUT2D eigenvalue weighted by Crippen LogP contribution is 2.32. The molecule has 0 spiro atoms. The van der Waals surface area contributed by atoms with Crippen LogP contribution in [0.15, 0.2) is 34.8 Å². The number of nitrogens with zero attached hydrogens (tertiary/aromatic N) is 1. The molecule has 0 radical (unpaired) electrons. The molecule has 2 nitrogen and oxygen atoms in total. The zero-order chi connectivity index (χ0) is 14.7. The van der Waals surface area contributed by atoms with Crippen LogP contribution in [0.25, 0.3) is 0 Å². The van der Waals surface area contributed by atoms with Crippen molar-refractivity contribution in [1.29, 1.82) is 5.26 Å². The van der Waals surface area contributed by atoms with Gasteiger partial charge >= 0.3 is 0 Å². The van der Waals surface area contributed by atoms with Crippen LogP contribution in [0.1, 0.15) is 11.1 Å². The van der Waals surface area contributed by atoms with Crippen LogP contribution < -0.4 is 5.32 Å². The van der Waals surface area contributed by atoms with Gasteiger partial charge in [-0.15, -0.1) is 0 Å². The monoisotopic (exact) mass is 388 g/mol. The van der Waals surface area contributed by atoms with Crippen LogP contribution in [-0.2, 0) is 6.54 Å². The summed E-state index contributed by atoms with van der Waals surface area (Å²) in [6.07, 6.45) is 0. The van der Waals surface area contributed by atoms with E-state index >= 15 is 0 Å². The molecule has 20 heavy (non-hydrogen) atoms. The van der Waals surface area contributed by atoms with Crippen LogP contribution in [-0.4, -0.2) is 0 Å². The van der Waals surface area contributed by atoms with Gasteiger partial charge in [0, 0.05) is 21.6 Å². The van der Waals surface area contributed by atoms with Crippen molar-refractivity contribution < 1.29 is 0 Å². The van der Waals surface area contributed by atoms with E-state index in [1.165, 1.54) is 0 Å². The predicted octanol–water partition coefficient (Wildman–Crippen LogP) is 5.89. The van der Waals surface area contributed by atoms with Crippen molar-refractivity contribution in [2.45, 2.75) is 6.54 Å². The molecule has 0 saturated carbocycles. The molecule has 0 aliphatic heterocycles. The third-order valence-electron chi connectivity index (χ3n) is 2.70. The molecule has 0 atom stereocenters. The first kappa shape index (κ1) is 15.5. The topological polar surface area (TPSA) is 35.8 Å². The van der Waals surface area contributed by atoms with Crippen molar-refractivity contribution in [2.75, 3.05) is 5.32 Å². The summed E-state index contributed by atoms with van der Waals surface area (Å²) < 4.78 is 0.846. The molecule has 0 fully saturated rings. The predicted molar refractivity (Wildman–Crippen MR) is 87.7 cm³/mol. The van der Waals surface area contributed by atoms with E-state index in [1.807, 2.05) is 12.1 Å². The molecule has 0 bridgehead atoms. The Morgan fingerprint density at radius 3 is 2.50 bits per heavy atom. The zero-order valence-electron chi connectivity index (χ0n) is 10.1. The summed E-state index contributed by atoms with van der Waals surface area (Å²) in [7, 11) is 0. The molecule has 2 aromatic rings. The minimum absolute atomic E-state index is 0.383. The number of benzene rings is 2. The third kappa shape index (κ3) is 3.39. The smallest absolute Gasteiger partial charge is 0.101 e. The minimum atomic E-state index is 0.383. The van der Waals surface area contributed by atoms with Gasteiger partial charge in [0.15, 0.2) is 0 Å². The Kier molecular flexibility index (Phi) is 5.17. The fourth-order valence-corrected chi connectivity index (χ4v) is 2.72. The average molecular weight is 390 g/mol. The standard InChI is InChI=1S/C14H8BrCl3N2/c15-9-1-4-13(8(5-9)6-19)20-7-10-11(16)2-3-12(17)14(10)18/h1-5,20H,7H2. The van der Waals surface area contributed by atoms with E-state index in [0.29, 0.717) is 38.4 Å². The molecule has 0 unspecified atom stereocenters. The van der Waals surface area contributed by atoms with Crippen LogP contribution in [0, 0.1) is 11.3 Å². The summed E-state index contributed by atoms with van der Waals surface area (Å²) in [5.74, 6) is 0. The summed E-state index contributed by atoms with van der Waals surface area (Å²) >= 11 is 21.5. The maximum Gasteiger partial charge on any atom is 0.101 e. The molecular weight excluding hydrogens is 382 g/mol. The van der Waals surface area contributed by atoms with Crippen molar-refractivity contribution in [2.24, 2.45) is 0 Å². The second-order valence-corrected chi connectivity index (χ2v) is 6.09. The van der Waals surface area contributed by atoms with Gasteiger partial charge in [-0.05, 0) is 30.3 Å². The lowest BCUT2D eigenvalue weighted by molar-refractivity contribution is 1.15. The van der Waals surface area contributed by atoms with Gasteiger partial charge in [0.25, 0.3) is 0 Å². The summed E-state index contributed by atoms with van der Waals surface area (Å²) in [5, 5.41) is 13.7. The highest BCUT2D eigenvalue weighted by atomic mass is 79.9. The first-order valence-corrected chi connectivity index (χ1v) is 7.51. The van der Waals surface area contributed by atoms with E-state index in [-0.39, 0.29) is 0 Å². The lowest BCUT2D eigenvalue weighted by Gasteiger charge is -2.12. The van der Waals surface area contributed by atoms with Crippen LogP contribution in [0.2, 0.25) is 15.1 Å². The van der Waals surface area contributed by atoms with Gasteiger partial charge in [-0.25, -0.2) is 0 Å². The van der Waals surface area contributed by atoms with Gasteiger partial charge in [-0.3, -0.25) is 0 Å². The van der Waals surface area contributed by atoms with Crippen molar-refractivity contribution in [3.05, 3.63) is 61.0 Å². The van der Waals surface area contributed by atoms with Gasteiger partial charge in [0.05, 0.1) is 21.3 Å². The van der Waals surface area contributed by atoms with Crippen molar-refractivity contribution >= 4 is 56.4 Å². The van der Waals surface area contributed by atoms with Gasteiger partial charge in [-0.2, -0.15) is 5.26 Å². The Morgan fingerprint density at radius 2 is 1.80 bits per heavy atom. The van der Waals surface area contributed by atoms with Crippen LogP contribution in [0.5, 0.6) is 0 Å². The quantitative estimate of drug-likeness (QED) is 0.663. The summed E-state index contributed by atoms with van der Waals surface area (Å²) in [6, 6.07) is 10.9. The molecular formula is C14H8BrCl3N2. The first-order chi connectivity index (χ1) is 9.52. The van der Waals surface area contributed by atoms with Crippen LogP contribution in [0.3, 0.4) is 0 Å². The zero-order valence-corrected chi connectivity index (χ0v) is 13.9. The van der Waals surface area contributed by atoms with Crippen molar-refractivity contribution in [1.82, 2.24) is 0 Å². The van der Waals surface area contributed by atoms with Gasteiger partial charge < -0.3 is 5.32 Å². The third-order valence-corrected chi connectivity index (χ3v) is 4.39. The summed E-state index contributed by atoms with van der Waals surface area (Å²) in [6.45, 7) is 0.383. The molecule has 2 aromatic carbocycles. The molecule has 2 rings (SSSR count). The fraction of sp³-hybridized carbons (Fsp3) is 0.0714. The van der Waals surface area contributed by atoms with Gasteiger partial charge in [0.1, 0.15) is 6.07 Å². The maximum atomic E-state index is 9.11. The number of rotatable bonds is 3. The number of hydrogen-bond donors (Lipinski definition) is 1. The molecule has 0 amide bonds. The van der Waals surface area contributed by atoms with Gasteiger partial charge in [0.2, 0.25) is 0 Å². The molecule has 102 valence electrons. The number of nitrogens with one attached hydrogen (secondary N) is 1. The molecule has 1 N–H and O–H groups in total. The van der Waals surface area contributed by atoms with E-state index in [2.05, 4.69) is 27.3 Å². The first-order valence-electron chi connectivity index (χ1n) is 5.59. The molecule has 0 aromatic heterocycles. The van der Waals surface area contributed by atoms with Crippen molar-refractivity contribution in [3.63, 3.8) is 0 Å². The van der Waals surface area contributed by atoms with E-state index in [9.17, 15) is 0 Å². The van der Waals surface area contributed by atoms with Crippen LogP contribution in [0.4, 0.5) is 5.69 Å². The van der Waals surface area contributed by atoms with E-state index in [0.717, 1.165) is 4.47 Å². The highest BCUT2D eigenvalue weighted by Gasteiger charge is 2.10. The van der Waals surface area contributed by atoms with E-state index in [4.69, 9.17) is 40.1 Å². The fourth-order valence-electron chi connectivity index (χ4n) is 1.68. The highest BCUT2D eigenvalue weighted by molar-refractivity contribution is 9.10. The maximum absolute atomic E-state index is 9.11. The second-order valence-electron chi connectivity index (χ2n) is 3.98. The Morgan fingerprint density at radius 1 is 1.10 bits per heavy atom. The normalized spacial score (nSPS) is 10.2. The number of hydrogen-bond acceptors (Lipinski definition) is 2. The van der Waals surface area contributed by atoms with E-state index in [1.54, 1.807) is 18.2 Å².